The van der Waals surface area contributed by atoms with Gasteiger partial charge in [-0.15, -0.1) is 0 Å². The third-order valence-corrected chi connectivity index (χ3v) is 5.18. The molecule has 4 nitrogen and oxygen atoms in total. The number of carbonyl (C=O) groups excluding carboxylic acids is 2. The summed E-state index contributed by atoms with van der Waals surface area (Å²) in [6.45, 7) is 8.39. The maximum Gasteiger partial charge on any atom is 0.228 e. The molecule has 5 heteroatoms. The number of hydrogen-bond donors (Lipinski definition) is 2. The summed E-state index contributed by atoms with van der Waals surface area (Å²) in [5.74, 6) is -0.956. The molecule has 2 unspecified atom stereocenters. The summed E-state index contributed by atoms with van der Waals surface area (Å²) in [7, 11) is 0. The Bertz CT molecular complexity index is 866. The zero-order chi connectivity index (χ0) is 20.4. The lowest BCUT2D eigenvalue weighted by Gasteiger charge is -2.20. The van der Waals surface area contributed by atoms with Gasteiger partial charge in [0.15, 0.2) is 0 Å². The Morgan fingerprint density at radius 2 is 1.43 bits per heavy atom. The number of benzene rings is 2. The van der Waals surface area contributed by atoms with E-state index in [1.807, 2.05) is 18.2 Å². The monoisotopic (exact) mass is 382 g/mol. The van der Waals surface area contributed by atoms with Gasteiger partial charge in [-0.25, -0.2) is 4.39 Å². The van der Waals surface area contributed by atoms with Crippen LogP contribution in [0, 0.1) is 17.7 Å². The lowest BCUT2D eigenvalue weighted by atomic mass is 9.92. The summed E-state index contributed by atoms with van der Waals surface area (Å²) in [4.78, 5) is 25.2. The van der Waals surface area contributed by atoms with Crippen LogP contribution in [0.1, 0.15) is 57.1 Å². The molecular formula is C23H27FN2O2. The van der Waals surface area contributed by atoms with Crippen molar-refractivity contribution >= 4 is 23.2 Å². The Hall–Kier alpha value is -2.69. The summed E-state index contributed by atoms with van der Waals surface area (Å²) in [5, 5.41) is 5.78. The van der Waals surface area contributed by atoms with E-state index >= 15 is 0 Å². The molecule has 0 saturated heterocycles. The van der Waals surface area contributed by atoms with Gasteiger partial charge in [-0.2, -0.15) is 0 Å². The Morgan fingerprint density at radius 1 is 0.893 bits per heavy atom. The second kappa shape index (κ2) is 8.13. The molecule has 3 rings (SSSR count). The van der Waals surface area contributed by atoms with E-state index in [0.717, 1.165) is 16.8 Å². The molecule has 1 saturated carbocycles. The molecule has 0 aliphatic heterocycles. The largest absolute Gasteiger partial charge is 0.326 e. The quantitative estimate of drug-likeness (QED) is 0.713. The summed E-state index contributed by atoms with van der Waals surface area (Å²) in [6.07, 6.45) is 0.508. The first-order valence-corrected chi connectivity index (χ1v) is 9.78. The van der Waals surface area contributed by atoms with Crippen LogP contribution >= 0.6 is 0 Å². The van der Waals surface area contributed by atoms with Gasteiger partial charge in [0.2, 0.25) is 11.8 Å². The Balaban J connectivity index is 1.69. The van der Waals surface area contributed by atoms with Crippen molar-refractivity contribution in [2.75, 3.05) is 10.6 Å². The second-order valence-electron chi connectivity index (χ2n) is 8.06. The summed E-state index contributed by atoms with van der Waals surface area (Å²) in [5.41, 5.74) is 3.47. The number of carbonyl (C=O) groups is 2. The number of anilines is 2. The number of nitrogens with one attached hydrogen (secondary N) is 2. The number of para-hydroxylation sites is 1. The van der Waals surface area contributed by atoms with Crippen molar-refractivity contribution in [3.63, 3.8) is 0 Å². The Morgan fingerprint density at radius 3 is 1.96 bits per heavy atom. The molecule has 148 valence electrons. The van der Waals surface area contributed by atoms with Crippen molar-refractivity contribution < 1.29 is 14.0 Å². The van der Waals surface area contributed by atoms with Gasteiger partial charge in [-0.05, 0) is 47.6 Å². The SMILES string of the molecule is CC(C)c1cccc(C(C)C)c1NC(=O)C1CC1C(=O)Nc1cccc(F)c1. The minimum absolute atomic E-state index is 0.130. The van der Waals surface area contributed by atoms with Crippen LogP contribution in [-0.4, -0.2) is 11.8 Å². The Labute approximate surface area is 165 Å². The minimum Gasteiger partial charge on any atom is -0.326 e. The third-order valence-electron chi connectivity index (χ3n) is 5.18. The third kappa shape index (κ3) is 4.41. The van der Waals surface area contributed by atoms with E-state index < -0.39 is 5.82 Å². The van der Waals surface area contributed by atoms with E-state index in [0.29, 0.717) is 12.1 Å². The standard InChI is InChI=1S/C23H27FN2O2/c1-13(2)17-9-6-10-18(14(3)4)21(17)26-23(28)20-12-19(20)22(27)25-16-8-5-7-15(24)11-16/h5-11,13-14,19-20H,12H2,1-4H3,(H,25,27)(H,26,28). The molecule has 0 aromatic heterocycles. The van der Waals surface area contributed by atoms with Crippen molar-refractivity contribution in [2.45, 2.75) is 46.0 Å². The number of amides is 2. The molecule has 2 N–H and O–H groups in total. The molecule has 1 aliphatic carbocycles. The fourth-order valence-electron chi connectivity index (χ4n) is 3.49. The van der Waals surface area contributed by atoms with Gasteiger partial charge in [-0.3, -0.25) is 9.59 Å². The smallest absolute Gasteiger partial charge is 0.228 e. The summed E-state index contributed by atoms with van der Waals surface area (Å²) in [6, 6.07) is 11.8. The molecule has 1 aliphatic rings. The number of halogens is 1. The highest BCUT2D eigenvalue weighted by Gasteiger charge is 2.48. The van der Waals surface area contributed by atoms with E-state index in [9.17, 15) is 14.0 Å². The zero-order valence-electron chi connectivity index (χ0n) is 16.8. The molecule has 2 aromatic carbocycles. The molecule has 28 heavy (non-hydrogen) atoms. The van der Waals surface area contributed by atoms with E-state index in [4.69, 9.17) is 0 Å². The normalized spacial score (nSPS) is 18.2. The van der Waals surface area contributed by atoms with Crippen LogP contribution in [0.5, 0.6) is 0 Å². The number of hydrogen-bond acceptors (Lipinski definition) is 2. The van der Waals surface area contributed by atoms with Crippen LogP contribution in [0.25, 0.3) is 0 Å². The fourth-order valence-corrected chi connectivity index (χ4v) is 3.49. The van der Waals surface area contributed by atoms with Crippen LogP contribution in [0.2, 0.25) is 0 Å². The molecule has 2 aromatic rings. The van der Waals surface area contributed by atoms with E-state index in [-0.39, 0.29) is 35.5 Å². The Kier molecular flexibility index (Phi) is 5.82. The molecule has 0 bridgehead atoms. The summed E-state index contributed by atoms with van der Waals surface area (Å²) < 4.78 is 13.3. The van der Waals surface area contributed by atoms with Crippen molar-refractivity contribution in [3.8, 4) is 0 Å². The van der Waals surface area contributed by atoms with Crippen molar-refractivity contribution in [1.82, 2.24) is 0 Å². The highest BCUT2D eigenvalue weighted by molar-refractivity contribution is 6.03. The summed E-state index contributed by atoms with van der Waals surface area (Å²) >= 11 is 0. The molecular weight excluding hydrogens is 355 g/mol. The van der Waals surface area contributed by atoms with Gasteiger partial charge in [0.1, 0.15) is 5.82 Å². The van der Waals surface area contributed by atoms with Crippen LogP contribution in [0.3, 0.4) is 0 Å². The van der Waals surface area contributed by atoms with Gasteiger partial charge in [0.05, 0.1) is 11.8 Å². The predicted molar refractivity (Wildman–Crippen MR) is 110 cm³/mol. The van der Waals surface area contributed by atoms with Crippen LogP contribution in [0.4, 0.5) is 15.8 Å². The maximum atomic E-state index is 13.3. The maximum absolute atomic E-state index is 13.3. The first kappa shape index (κ1) is 20.1. The van der Waals surface area contributed by atoms with Crippen molar-refractivity contribution in [2.24, 2.45) is 11.8 Å². The van der Waals surface area contributed by atoms with Crippen LogP contribution < -0.4 is 10.6 Å². The molecule has 0 radical (unpaired) electrons. The van der Waals surface area contributed by atoms with E-state index in [1.54, 1.807) is 12.1 Å². The van der Waals surface area contributed by atoms with Gasteiger partial charge < -0.3 is 10.6 Å². The van der Waals surface area contributed by atoms with Crippen LogP contribution in [-0.2, 0) is 9.59 Å². The average molecular weight is 382 g/mol. The van der Waals surface area contributed by atoms with Crippen LogP contribution in [0.15, 0.2) is 42.5 Å². The van der Waals surface area contributed by atoms with Gasteiger partial charge in [-0.1, -0.05) is 52.0 Å². The second-order valence-corrected chi connectivity index (χ2v) is 8.06. The van der Waals surface area contributed by atoms with Crippen molar-refractivity contribution in [3.05, 3.63) is 59.4 Å². The minimum atomic E-state index is -0.408. The predicted octanol–water partition coefficient (Wildman–Crippen LogP) is 5.29. The van der Waals surface area contributed by atoms with E-state index in [1.165, 1.54) is 12.1 Å². The number of rotatable bonds is 6. The van der Waals surface area contributed by atoms with Gasteiger partial charge >= 0.3 is 0 Å². The molecule has 2 amide bonds. The van der Waals surface area contributed by atoms with Gasteiger partial charge in [0, 0.05) is 11.4 Å². The first-order chi connectivity index (χ1) is 13.3. The molecule has 0 spiro atoms. The van der Waals surface area contributed by atoms with Gasteiger partial charge in [0.25, 0.3) is 0 Å². The molecule has 1 fully saturated rings. The first-order valence-electron chi connectivity index (χ1n) is 9.78. The topological polar surface area (TPSA) is 58.2 Å². The fraction of sp³-hybridized carbons (Fsp3) is 0.391. The van der Waals surface area contributed by atoms with E-state index in [2.05, 4.69) is 38.3 Å². The highest BCUT2D eigenvalue weighted by Crippen LogP contribution is 2.41. The highest BCUT2D eigenvalue weighted by atomic mass is 19.1. The van der Waals surface area contributed by atoms with Crippen molar-refractivity contribution in [1.29, 1.82) is 0 Å². The molecule has 0 heterocycles. The molecule has 2 atom stereocenters. The lowest BCUT2D eigenvalue weighted by molar-refractivity contribution is -0.122. The average Bonchev–Trinajstić information content (AvgIpc) is 3.42. The lowest BCUT2D eigenvalue weighted by Crippen LogP contribution is -2.22. The zero-order valence-corrected chi connectivity index (χ0v) is 16.8.